The van der Waals surface area contributed by atoms with Gasteiger partial charge in [-0.3, -0.25) is 0 Å². The van der Waals surface area contributed by atoms with Crippen LogP contribution in [0.1, 0.15) is 44.5 Å². The van der Waals surface area contributed by atoms with Gasteiger partial charge >= 0.3 is 14.2 Å². The van der Waals surface area contributed by atoms with Crippen molar-refractivity contribution >= 4 is 92.0 Å². The third-order valence-corrected chi connectivity index (χ3v) is 10.9. The van der Waals surface area contributed by atoms with Gasteiger partial charge in [-0.25, -0.2) is 0 Å². The number of halogens is 1. The number of hydrogen-bond acceptors (Lipinski definition) is 4. The summed E-state index contributed by atoms with van der Waals surface area (Å²) in [5, 5.41) is 40.8. The molecule has 0 heterocycles. The van der Waals surface area contributed by atoms with Crippen molar-refractivity contribution in [2.24, 2.45) is 0 Å². The highest BCUT2D eigenvalue weighted by atomic mass is 79.9. The molecule has 0 fully saturated rings. The van der Waals surface area contributed by atoms with Crippen LogP contribution in [-0.2, 0) is 19.3 Å². The Morgan fingerprint density at radius 1 is 0.389 bits per heavy atom. The Bertz CT molecular complexity index is 2480. The van der Waals surface area contributed by atoms with E-state index in [0.29, 0.717) is 5.39 Å². The summed E-state index contributed by atoms with van der Waals surface area (Å²) >= 11 is 3.48. The first kappa shape index (κ1) is 35.7. The van der Waals surface area contributed by atoms with Crippen LogP contribution in [0, 0.1) is 0 Å². The number of hydrogen-bond donors (Lipinski definition) is 4. The van der Waals surface area contributed by atoms with Crippen molar-refractivity contribution in [2.75, 3.05) is 0 Å². The normalized spacial score (nSPS) is 13.4. The molecule has 3 aliphatic carbocycles. The predicted octanol–water partition coefficient (Wildman–Crippen LogP) is 8.21. The lowest BCUT2D eigenvalue weighted by molar-refractivity contribution is 0.426. The summed E-state index contributed by atoms with van der Waals surface area (Å²) in [6, 6.07) is 49.4. The van der Waals surface area contributed by atoms with E-state index in [0.717, 1.165) is 24.6 Å². The second-order valence-corrected chi connectivity index (χ2v) is 14.8. The smallest absolute Gasteiger partial charge is 0.423 e. The van der Waals surface area contributed by atoms with Gasteiger partial charge in [0.05, 0.1) is 0 Å². The summed E-state index contributed by atoms with van der Waals surface area (Å²) in [4.78, 5) is 0. The Balaban J connectivity index is 0.000000133. The predicted molar refractivity (Wildman–Crippen MR) is 231 cm³/mol. The van der Waals surface area contributed by atoms with Crippen LogP contribution in [0.25, 0.3) is 50.9 Å². The lowest BCUT2D eigenvalue weighted by Gasteiger charge is -2.14. The maximum absolute atomic E-state index is 9.22. The summed E-state index contributed by atoms with van der Waals surface area (Å²) in [6.07, 6.45) is 10.0. The van der Waals surface area contributed by atoms with Gasteiger partial charge in [-0.05, 0) is 107 Å². The van der Waals surface area contributed by atoms with Gasteiger partial charge < -0.3 is 20.1 Å². The molecular formula is C47H37B2BrO4. The van der Waals surface area contributed by atoms with Crippen molar-refractivity contribution in [2.45, 2.75) is 19.3 Å². The van der Waals surface area contributed by atoms with Crippen LogP contribution < -0.4 is 10.9 Å². The van der Waals surface area contributed by atoms with Crippen LogP contribution in [0.5, 0.6) is 0 Å². The Kier molecular flexibility index (Phi) is 10.3. The fourth-order valence-corrected chi connectivity index (χ4v) is 8.40. The van der Waals surface area contributed by atoms with Crippen molar-refractivity contribution in [1.29, 1.82) is 0 Å². The molecule has 7 aromatic rings. The second kappa shape index (κ2) is 15.6. The molecule has 7 aromatic carbocycles. The molecule has 0 bridgehead atoms. The van der Waals surface area contributed by atoms with E-state index in [1.165, 1.54) is 70.9 Å². The van der Waals surface area contributed by atoms with E-state index in [2.05, 4.69) is 143 Å². The Morgan fingerprint density at radius 2 is 0.778 bits per heavy atom. The molecule has 0 amide bonds. The quantitative estimate of drug-likeness (QED) is 0.136. The van der Waals surface area contributed by atoms with Gasteiger partial charge in [0, 0.05) is 10.9 Å². The highest BCUT2D eigenvalue weighted by Crippen LogP contribution is 2.40. The molecular weight excluding hydrogens is 730 g/mol. The standard InChI is InChI=1S/C28H20.C10H10B2O4.C9H7Br/c1-2-8-21-16-24(15-20(21)7-1)26-13-5-11-19-12-6-14-27(28(19)26)25-17-22-9-3-4-10-23(22)18-25;13-11(14)8-5-1-3-7-4-2-6-9(10(7)8)12(15)16;10-9-5-7-3-1-2-4-8(7)6-9/h1-15,17H,16,18H2;1-6,13-16H;1-5H,6H2. The molecule has 0 saturated carbocycles. The highest BCUT2D eigenvalue weighted by molar-refractivity contribution is 9.11. The highest BCUT2D eigenvalue weighted by Gasteiger charge is 2.22. The maximum Gasteiger partial charge on any atom is 0.489 e. The molecule has 7 heteroatoms. The van der Waals surface area contributed by atoms with Crippen LogP contribution >= 0.6 is 15.9 Å². The first-order valence-electron chi connectivity index (χ1n) is 18.1. The summed E-state index contributed by atoms with van der Waals surface area (Å²) in [5.41, 5.74) is 14.5. The van der Waals surface area contributed by atoms with Crippen LogP contribution in [0.4, 0.5) is 0 Å². The van der Waals surface area contributed by atoms with Crippen molar-refractivity contribution in [3.63, 3.8) is 0 Å². The zero-order valence-corrected chi connectivity index (χ0v) is 31.1. The fourth-order valence-electron chi connectivity index (χ4n) is 7.85. The first-order valence-corrected chi connectivity index (χ1v) is 18.9. The Labute approximate surface area is 324 Å². The minimum absolute atomic E-state index is 0.265. The number of rotatable bonds is 4. The van der Waals surface area contributed by atoms with Gasteiger partial charge in [0.25, 0.3) is 0 Å². The zero-order valence-electron chi connectivity index (χ0n) is 29.5. The summed E-state index contributed by atoms with van der Waals surface area (Å²) < 4.78 is 1.29. The van der Waals surface area contributed by atoms with Crippen molar-refractivity contribution in [3.05, 3.63) is 195 Å². The SMILES string of the molecule is BrC1=Cc2ccccc2C1.C1=C(c2cccc3cccc(C4=Cc5ccccc5C4)c23)Cc2ccccc21.OB(O)c1cccc2cccc(B(O)O)c12. The molecule has 0 aromatic heterocycles. The molecule has 3 aliphatic rings. The molecule has 0 aliphatic heterocycles. The van der Waals surface area contributed by atoms with Crippen molar-refractivity contribution in [1.82, 2.24) is 0 Å². The van der Waals surface area contributed by atoms with Crippen LogP contribution in [0.15, 0.2) is 150 Å². The molecule has 0 unspecified atom stereocenters. The minimum atomic E-state index is -1.64. The topological polar surface area (TPSA) is 80.9 Å². The zero-order chi connectivity index (χ0) is 37.2. The average molecular weight is 767 g/mol. The lowest BCUT2D eigenvalue weighted by atomic mass is 9.69. The lowest BCUT2D eigenvalue weighted by Crippen LogP contribution is -2.38. The fraction of sp³-hybridized carbons (Fsp3) is 0.0638. The first-order chi connectivity index (χ1) is 26.3. The van der Waals surface area contributed by atoms with E-state index in [-0.39, 0.29) is 10.9 Å². The minimum Gasteiger partial charge on any atom is -0.423 e. The van der Waals surface area contributed by atoms with Gasteiger partial charge in [0.1, 0.15) is 0 Å². The van der Waals surface area contributed by atoms with E-state index < -0.39 is 14.2 Å². The third-order valence-electron chi connectivity index (χ3n) is 10.4. The van der Waals surface area contributed by atoms with Gasteiger partial charge in [-0.2, -0.15) is 0 Å². The number of benzene rings is 7. The molecule has 262 valence electrons. The molecule has 0 radical (unpaired) electrons. The van der Waals surface area contributed by atoms with E-state index in [9.17, 15) is 20.1 Å². The molecule has 0 spiro atoms. The molecule has 54 heavy (non-hydrogen) atoms. The van der Waals surface area contributed by atoms with Crippen LogP contribution in [0.2, 0.25) is 0 Å². The molecule has 0 atom stereocenters. The van der Waals surface area contributed by atoms with E-state index in [1.54, 1.807) is 36.4 Å². The summed E-state index contributed by atoms with van der Waals surface area (Å²) in [5.74, 6) is 0. The van der Waals surface area contributed by atoms with Crippen LogP contribution in [-0.4, -0.2) is 34.3 Å². The number of fused-ring (bicyclic) bond motifs is 5. The average Bonchev–Trinajstić information content (AvgIpc) is 3.93. The maximum atomic E-state index is 9.22. The van der Waals surface area contributed by atoms with E-state index in [4.69, 9.17) is 0 Å². The van der Waals surface area contributed by atoms with Crippen molar-refractivity contribution < 1.29 is 20.1 Å². The van der Waals surface area contributed by atoms with Crippen molar-refractivity contribution in [3.8, 4) is 0 Å². The molecule has 4 nitrogen and oxygen atoms in total. The summed E-state index contributed by atoms with van der Waals surface area (Å²) in [6.45, 7) is 0. The second-order valence-electron chi connectivity index (χ2n) is 13.8. The molecule has 10 rings (SSSR count). The van der Waals surface area contributed by atoms with Gasteiger partial charge in [-0.15, -0.1) is 0 Å². The Hall–Kier alpha value is -5.27. The summed E-state index contributed by atoms with van der Waals surface area (Å²) in [7, 11) is -3.27. The third kappa shape index (κ3) is 7.30. The molecule has 0 saturated heterocycles. The Morgan fingerprint density at radius 3 is 1.20 bits per heavy atom. The van der Waals surface area contributed by atoms with Crippen LogP contribution in [0.3, 0.4) is 0 Å². The molecule has 4 N–H and O–H groups in total. The van der Waals surface area contributed by atoms with Gasteiger partial charge in [0.15, 0.2) is 0 Å². The van der Waals surface area contributed by atoms with E-state index in [1.807, 2.05) is 0 Å². The monoisotopic (exact) mass is 766 g/mol. The number of allylic oxidation sites excluding steroid dienone is 3. The van der Waals surface area contributed by atoms with Gasteiger partial charge in [0.2, 0.25) is 0 Å². The van der Waals surface area contributed by atoms with E-state index >= 15 is 0 Å². The van der Waals surface area contributed by atoms with Gasteiger partial charge in [-0.1, -0.05) is 174 Å². The largest absolute Gasteiger partial charge is 0.489 e.